The monoisotopic (exact) mass is 471 g/mol. The van der Waals surface area contributed by atoms with E-state index in [4.69, 9.17) is 9.47 Å². The number of nitrogens with zero attached hydrogens (tertiary/aromatic N) is 1. The van der Waals surface area contributed by atoms with Gasteiger partial charge in [0, 0.05) is 18.2 Å². The first kappa shape index (κ1) is 22.9. The maximum Gasteiger partial charge on any atom is 0.257 e. The Bertz CT molecular complexity index is 1200. The van der Waals surface area contributed by atoms with Gasteiger partial charge in [-0.2, -0.15) is 0 Å². The Labute approximate surface area is 205 Å². The highest BCUT2D eigenvalue weighted by Gasteiger charge is 2.29. The van der Waals surface area contributed by atoms with Crippen molar-refractivity contribution in [3.05, 3.63) is 83.9 Å². The van der Waals surface area contributed by atoms with Crippen molar-refractivity contribution in [2.45, 2.75) is 25.3 Å². The zero-order valence-corrected chi connectivity index (χ0v) is 19.5. The van der Waals surface area contributed by atoms with Gasteiger partial charge in [0.1, 0.15) is 0 Å². The van der Waals surface area contributed by atoms with Crippen molar-refractivity contribution >= 4 is 23.2 Å². The van der Waals surface area contributed by atoms with Crippen molar-refractivity contribution in [1.82, 2.24) is 4.90 Å². The lowest BCUT2D eigenvalue weighted by molar-refractivity contribution is -0.117. The molecular weight excluding hydrogens is 442 g/mol. The number of hydrogen-bond acceptors (Lipinski definition) is 5. The highest BCUT2D eigenvalue weighted by Crippen LogP contribution is 2.37. The van der Waals surface area contributed by atoms with E-state index >= 15 is 0 Å². The minimum atomic E-state index is -0.265. The number of para-hydroxylation sites is 2. The highest BCUT2D eigenvalue weighted by atomic mass is 16.5. The molecule has 0 saturated carbocycles. The summed E-state index contributed by atoms with van der Waals surface area (Å²) in [6.07, 6.45) is 2.86. The summed E-state index contributed by atoms with van der Waals surface area (Å²) in [6, 6.07) is 22.5. The van der Waals surface area contributed by atoms with E-state index in [0.717, 1.165) is 42.9 Å². The second-order valence-corrected chi connectivity index (χ2v) is 8.80. The van der Waals surface area contributed by atoms with Gasteiger partial charge in [0.05, 0.1) is 31.0 Å². The second-order valence-electron chi connectivity index (χ2n) is 8.80. The maximum absolute atomic E-state index is 13.0. The summed E-state index contributed by atoms with van der Waals surface area (Å²) >= 11 is 0. The van der Waals surface area contributed by atoms with Gasteiger partial charge in [-0.3, -0.25) is 14.5 Å². The Morgan fingerprint density at radius 2 is 1.63 bits per heavy atom. The highest BCUT2D eigenvalue weighted by molar-refractivity contribution is 6.10. The van der Waals surface area contributed by atoms with Crippen LogP contribution in [0.4, 0.5) is 11.4 Å². The number of nitrogens with one attached hydrogen (secondary N) is 2. The molecule has 1 atom stereocenters. The smallest absolute Gasteiger partial charge is 0.257 e. The van der Waals surface area contributed by atoms with Gasteiger partial charge in [0.25, 0.3) is 5.91 Å². The molecule has 2 amide bonds. The third-order valence-electron chi connectivity index (χ3n) is 6.34. The van der Waals surface area contributed by atoms with E-state index in [2.05, 4.69) is 21.6 Å². The van der Waals surface area contributed by atoms with Crippen LogP contribution in [-0.4, -0.2) is 43.0 Å². The van der Waals surface area contributed by atoms with Crippen molar-refractivity contribution in [3.63, 3.8) is 0 Å². The van der Waals surface area contributed by atoms with E-state index in [0.29, 0.717) is 30.2 Å². The molecule has 2 aliphatic heterocycles. The van der Waals surface area contributed by atoms with Crippen LogP contribution in [0.3, 0.4) is 0 Å². The van der Waals surface area contributed by atoms with Gasteiger partial charge in [0.15, 0.2) is 11.5 Å². The third kappa shape index (κ3) is 5.46. The van der Waals surface area contributed by atoms with Crippen molar-refractivity contribution in [2.75, 3.05) is 36.9 Å². The van der Waals surface area contributed by atoms with Crippen LogP contribution in [0.5, 0.6) is 11.5 Å². The van der Waals surface area contributed by atoms with Crippen LogP contribution in [0, 0.1) is 0 Å². The molecule has 0 spiro atoms. The molecule has 7 nitrogen and oxygen atoms in total. The van der Waals surface area contributed by atoms with E-state index in [1.807, 2.05) is 48.5 Å². The van der Waals surface area contributed by atoms with E-state index in [-0.39, 0.29) is 24.4 Å². The standard InChI is InChI=1S/C28H29N3O4/c32-27(30-23-11-5-4-10-22(23)28(33)29-21-8-2-1-3-9-21)19-31-15-6-12-24(31)20-13-14-25-26(18-20)35-17-7-16-34-25/h1-5,8-11,13-14,18,24H,6-7,12,15-17,19H2,(H,29,33)(H,30,32). The van der Waals surface area contributed by atoms with Gasteiger partial charge in [0.2, 0.25) is 5.91 Å². The molecule has 0 bridgehead atoms. The molecule has 3 aromatic rings. The van der Waals surface area contributed by atoms with Gasteiger partial charge in [-0.1, -0.05) is 36.4 Å². The molecule has 2 heterocycles. The molecule has 2 N–H and O–H groups in total. The number of rotatable bonds is 6. The number of amides is 2. The quantitative estimate of drug-likeness (QED) is 0.536. The molecule has 1 fully saturated rings. The molecular formula is C28H29N3O4. The van der Waals surface area contributed by atoms with E-state index in [1.165, 1.54) is 0 Å². The predicted molar refractivity (Wildman–Crippen MR) is 135 cm³/mol. The first-order valence-corrected chi connectivity index (χ1v) is 12.1. The van der Waals surface area contributed by atoms with Crippen LogP contribution in [0.1, 0.15) is 41.2 Å². The lowest BCUT2D eigenvalue weighted by Gasteiger charge is -2.25. The number of carbonyl (C=O) groups excluding carboxylic acids is 2. The fraction of sp³-hybridized carbons (Fsp3) is 0.286. The average molecular weight is 472 g/mol. The molecule has 5 rings (SSSR count). The fourth-order valence-corrected chi connectivity index (χ4v) is 4.66. The van der Waals surface area contributed by atoms with E-state index in [1.54, 1.807) is 18.2 Å². The van der Waals surface area contributed by atoms with Gasteiger partial charge >= 0.3 is 0 Å². The number of carbonyl (C=O) groups is 2. The Morgan fingerprint density at radius 1 is 0.857 bits per heavy atom. The lowest BCUT2D eigenvalue weighted by Crippen LogP contribution is -2.33. The number of benzene rings is 3. The van der Waals surface area contributed by atoms with Gasteiger partial charge in [-0.05, 0) is 61.3 Å². The predicted octanol–water partition coefficient (Wildman–Crippen LogP) is 4.88. The van der Waals surface area contributed by atoms with Crippen LogP contribution in [0.25, 0.3) is 0 Å². The Kier molecular flexibility index (Phi) is 6.95. The summed E-state index contributed by atoms with van der Waals surface area (Å²) in [7, 11) is 0. The molecule has 7 heteroatoms. The van der Waals surface area contributed by atoms with Crippen molar-refractivity contribution in [1.29, 1.82) is 0 Å². The number of hydrogen-bond donors (Lipinski definition) is 2. The number of fused-ring (bicyclic) bond motifs is 1. The molecule has 1 saturated heterocycles. The first-order chi connectivity index (χ1) is 17.2. The van der Waals surface area contributed by atoms with Crippen LogP contribution >= 0.6 is 0 Å². The van der Waals surface area contributed by atoms with Crippen molar-refractivity contribution in [2.24, 2.45) is 0 Å². The summed E-state index contributed by atoms with van der Waals surface area (Å²) in [5.41, 5.74) is 2.75. The molecule has 0 aromatic heterocycles. The first-order valence-electron chi connectivity index (χ1n) is 12.1. The largest absolute Gasteiger partial charge is 0.490 e. The summed E-state index contributed by atoms with van der Waals surface area (Å²) in [5.74, 6) is 1.14. The van der Waals surface area contributed by atoms with Crippen LogP contribution in [0.2, 0.25) is 0 Å². The average Bonchev–Trinajstić information content (AvgIpc) is 3.20. The number of anilines is 2. The van der Waals surface area contributed by atoms with Crippen molar-refractivity contribution in [3.8, 4) is 11.5 Å². The van der Waals surface area contributed by atoms with Gasteiger partial charge < -0.3 is 20.1 Å². The molecule has 180 valence electrons. The maximum atomic E-state index is 13.0. The third-order valence-corrected chi connectivity index (χ3v) is 6.34. The molecule has 35 heavy (non-hydrogen) atoms. The van der Waals surface area contributed by atoms with E-state index in [9.17, 15) is 9.59 Å². The fourth-order valence-electron chi connectivity index (χ4n) is 4.66. The summed E-state index contributed by atoms with van der Waals surface area (Å²) in [4.78, 5) is 28.1. The Hall–Kier alpha value is -3.84. The summed E-state index contributed by atoms with van der Waals surface area (Å²) in [5, 5.41) is 5.83. The zero-order chi connectivity index (χ0) is 24.0. The van der Waals surface area contributed by atoms with Gasteiger partial charge in [-0.15, -0.1) is 0 Å². The zero-order valence-electron chi connectivity index (χ0n) is 19.5. The van der Waals surface area contributed by atoms with Crippen molar-refractivity contribution < 1.29 is 19.1 Å². The minimum absolute atomic E-state index is 0.134. The SMILES string of the molecule is O=C(CN1CCCC1c1ccc2c(c1)OCCCO2)Nc1ccccc1C(=O)Nc1ccccc1. The summed E-state index contributed by atoms with van der Waals surface area (Å²) in [6.45, 7) is 2.38. The molecule has 0 radical (unpaired) electrons. The molecule has 3 aromatic carbocycles. The van der Waals surface area contributed by atoms with Crippen LogP contribution in [0.15, 0.2) is 72.8 Å². The Balaban J connectivity index is 1.26. The van der Waals surface area contributed by atoms with Crippen LogP contribution < -0.4 is 20.1 Å². The molecule has 2 aliphatic rings. The lowest BCUT2D eigenvalue weighted by atomic mass is 10.0. The van der Waals surface area contributed by atoms with Crippen LogP contribution in [-0.2, 0) is 4.79 Å². The summed E-state index contributed by atoms with van der Waals surface area (Å²) < 4.78 is 11.6. The normalized spacial score (nSPS) is 17.4. The van der Waals surface area contributed by atoms with E-state index < -0.39 is 0 Å². The molecule has 1 unspecified atom stereocenters. The minimum Gasteiger partial charge on any atom is -0.490 e. The second kappa shape index (κ2) is 10.6. The van der Waals surface area contributed by atoms with Gasteiger partial charge in [-0.25, -0.2) is 0 Å². The topological polar surface area (TPSA) is 79.9 Å². The Morgan fingerprint density at radius 3 is 2.49 bits per heavy atom. The number of likely N-dealkylation sites (tertiary alicyclic amines) is 1. The molecule has 0 aliphatic carbocycles. The number of ether oxygens (including phenoxy) is 2.